The average Bonchev–Trinajstić information content (AvgIpc) is 2.73. The van der Waals surface area contributed by atoms with Crippen LogP contribution in [0.4, 0.5) is 13.2 Å². The molecule has 22 heavy (non-hydrogen) atoms. The molecule has 0 aromatic carbocycles. The highest BCUT2D eigenvalue weighted by Gasteiger charge is 2.57. The normalized spacial score (nSPS) is 30.9. The Morgan fingerprint density at radius 3 is 2.77 bits per heavy atom. The van der Waals surface area contributed by atoms with Gasteiger partial charge in [-0.3, -0.25) is 14.3 Å². The van der Waals surface area contributed by atoms with Gasteiger partial charge in [-0.1, -0.05) is 11.8 Å². The summed E-state index contributed by atoms with van der Waals surface area (Å²) >= 11 is 0. The summed E-state index contributed by atoms with van der Waals surface area (Å²) < 4.78 is 45.7. The number of aliphatic hydroxyl groups excluding tert-OH is 2. The van der Waals surface area contributed by atoms with Crippen molar-refractivity contribution in [3.8, 4) is 11.8 Å². The highest BCUT2D eigenvalue weighted by molar-refractivity contribution is 5.23. The summed E-state index contributed by atoms with van der Waals surface area (Å²) in [6, 6.07) is 0. The highest BCUT2D eigenvalue weighted by Crippen LogP contribution is 2.40. The Morgan fingerprint density at radius 2 is 2.18 bits per heavy atom. The monoisotopic (exact) mass is 320 g/mol. The molecule has 1 aromatic rings. The second-order valence-electron chi connectivity index (χ2n) is 4.50. The number of ether oxygens (including phenoxy) is 1. The lowest BCUT2D eigenvalue weighted by Crippen LogP contribution is -2.45. The summed E-state index contributed by atoms with van der Waals surface area (Å²) in [5.41, 5.74) is -5.52. The first-order chi connectivity index (χ1) is 10.3. The molecule has 0 amide bonds. The van der Waals surface area contributed by atoms with Gasteiger partial charge in [0.2, 0.25) is 11.5 Å². The van der Waals surface area contributed by atoms with E-state index < -0.39 is 54.5 Å². The Morgan fingerprint density at radius 1 is 1.50 bits per heavy atom. The molecule has 0 radical (unpaired) electrons. The van der Waals surface area contributed by atoms with Crippen molar-refractivity contribution in [2.75, 3.05) is 13.3 Å². The van der Waals surface area contributed by atoms with Crippen molar-refractivity contribution in [3.05, 3.63) is 32.9 Å². The third kappa shape index (κ3) is 2.54. The lowest BCUT2D eigenvalue weighted by Gasteiger charge is -2.23. The van der Waals surface area contributed by atoms with Crippen molar-refractivity contribution in [2.45, 2.75) is 24.1 Å². The van der Waals surface area contributed by atoms with Crippen LogP contribution in [-0.2, 0) is 4.74 Å². The van der Waals surface area contributed by atoms with Gasteiger partial charge in [0.15, 0.2) is 6.23 Å². The standard InChI is InChI=1S/C12H11F3N2O5/c13-3-1-2-12(15)8(19)7(5-18)22-10(12)17-4-6(14)9(20)16-11(17)21/h4,7-8,10,18-19H,3,5H2,(H,16,20,21)/t7?,8?,10-,12?/m1/s1. The second-order valence-corrected chi connectivity index (χ2v) is 4.50. The Bertz CT molecular complexity index is 737. The van der Waals surface area contributed by atoms with Crippen LogP contribution < -0.4 is 11.2 Å². The van der Waals surface area contributed by atoms with Crippen LogP contribution in [0.1, 0.15) is 6.23 Å². The number of halogens is 3. The summed E-state index contributed by atoms with van der Waals surface area (Å²) in [6.07, 6.45) is -5.07. The smallest absolute Gasteiger partial charge is 0.330 e. The molecular formula is C12H11F3N2O5. The van der Waals surface area contributed by atoms with E-state index in [-0.39, 0.29) is 0 Å². The maximum atomic E-state index is 14.9. The molecule has 0 aliphatic carbocycles. The van der Waals surface area contributed by atoms with Gasteiger partial charge < -0.3 is 14.9 Å². The first kappa shape index (κ1) is 16.3. The Hall–Kier alpha value is -2.09. The minimum absolute atomic E-state index is 0.336. The molecule has 1 aliphatic rings. The van der Waals surface area contributed by atoms with E-state index in [1.165, 1.54) is 0 Å². The van der Waals surface area contributed by atoms with Crippen LogP contribution in [0.15, 0.2) is 15.8 Å². The molecule has 120 valence electrons. The number of aromatic nitrogens is 2. The van der Waals surface area contributed by atoms with Crippen molar-refractivity contribution in [3.63, 3.8) is 0 Å². The zero-order valence-electron chi connectivity index (χ0n) is 10.9. The topological polar surface area (TPSA) is 105 Å². The lowest BCUT2D eigenvalue weighted by molar-refractivity contribution is -0.0547. The van der Waals surface area contributed by atoms with E-state index in [1.807, 2.05) is 0 Å². The number of rotatable bonds is 2. The molecule has 0 spiro atoms. The summed E-state index contributed by atoms with van der Waals surface area (Å²) in [5, 5.41) is 18.8. The van der Waals surface area contributed by atoms with Gasteiger partial charge >= 0.3 is 5.69 Å². The molecule has 1 aromatic heterocycles. The molecule has 4 atom stereocenters. The number of nitrogens with one attached hydrogen (secondary N) is 1. The van der Waals surface area contributed by atoms with Crippen LogP contribution in [0.3, 0.4) is 0 Å². The molecule has 3 unspecified atom stereocenters. The van der Waals surface area contributed by atoms with Gasteiger partial charge in [0, 0.05) is 0 Å². The largest absolute Gasteiger partial charge is 0.394 e. The van der Waals surface area contributed by atoms with Gasteiger partial charge in [0.1, 0.15) is 18.9 Å². The Balaban J connectivity index is 2.59. The van der Waals surface area contributed by atoms with Gasteiger partial charge in [0.25, 0.3) is 5.56 Å². The molecule has 0 saturated carbocycles. The SMILES string of the molecule is O=c1[nH]c(=O)n([C@@H]2OC(CO)C(O)C2(F)C#CCF)cc1F. The van der Waals surface area contributed by atoms with Gasteiger partial charge in [-0.15, -0.1) is 0 Å². The fraction of sp³-hybridized carbons (Fsp3) is 0.500. The van der Waals surface area contributed by atoms with Crippen molar-refractivity contribution < 1.29 is 28.1 Å². The van der Waals surface area contributed by atoms with E-state index in [9.17, 15) is 27.9 Å². The van der Waals surface area contributed by atoms with Crippen molar-refractivity contribution in [1.29, 1.82) is 0 Å². The second kappa shape index (κ2) is 5.96. The minimum Gasteiger partial charge on any atom is -0.394 e. The predicted molar refractivity (Wildman–Crippen MR) is 65.9 cm³/mol. The quantitative estimate of drug-likeness (QED) is 0.582. The number of hydrogen-bond acceptors (Lipinski definition) is 5. The van der Waals surface area contributed by atoms with E-state index >= 15 is 0 Å². The molecule has 10 heteroatoms. The maximum absolute atomic E-state index is 14.9. The zero-order chi connectivity index (χ0) is 16.5. The number of alkyl halides is 2. The first-order valence-electron chi connectivity index (χ1n) is 6.05. The van der Waals surface area contributed by atoms with Gasteiger partial charge in [-0.2, -0.15) is 4.39 Å². The predicted octanol–water partition coefficient (Wildman–Crippen LogP) is -1.39. The van der Waals surface area contributed by atoms with E-state index in [4.69, 9.17) is 9.84 Å². The number of nitrogens with zero attached hydrogens (tertiary/aromatic N) is 1. The molecule has 0 bridgehead atoms. The molecule has 1 saturated heterocycles. The molecule has 1 aliphatic heterocycles. The van der Waals surface area contributed by atoms with Gasteiger partial charge in [0.05, 0.1) is 12.8 Å². The third-order valence-corrected chi connectivity index (χ3v) is 3.15. The maximum Gasteiger partial charge on any atom is 0.330 e. The molecule has 1 fully saturated rings. The van der Waals surface area contributed by atoms with Crippen LogP contribution in [0.5, 0.6) is 0 Å². The van der Waals surface area contributed by atoms with Crippen LogP contribution in [0.25, 0.3) is 0 Å². The van der Waals surface area contributed by atoms with Crippen molar-refractivity contribution in [1.82, 2.24) is 9.55 Å². The zero-order valence-corrected chi connectivity index (χ0v) is 10.9. The van der Waals surface area contributed by atoms with E-state index in [0.717, 1.165) is 0 Å². The summed E-state index contributed by atoms with van der Waals surface area (Å²) in [5.74, 6) is 2.14. The van der Waals surface area contributed by atoms with Crippen LogP contribution in [-0.4, -0.2) is 50.9 Å². The fourth-order valence-electron chi connectivity index (χ4n) is 2.11. The summed E-state index contributed by atoms with van der Waals surface area (Å²) in [7, 11) is 0. The minimum atomic E-state index is -2.98. The van der Waals surface area contributed by atoms with Crippen LogP contribution in [0, 0.1) is 17.7 Å². The van der Waals surface area contributed by atoms with Gasteiger partial charge in [-0.25, -0.2) is 13.6 Å². The van der Waals surface area contributed by atoms with E-state index in [1.54, 1.807) is 16.8 Å². The van der Waals surface area contributed by atoms with Crippen LogP contribution in [0.2, 0.25) is 0 Å². The Labute approximate surface area is 121 Å². The fourth-order valence-corrected chi connectivity index (χ4v) is 2.11. The van der Waals surface area contributed by atoms with E-state index in [2.05, 4.69) is 0 Å². The third-order valence-electron chi connectivity index (χ3n) is 3.15. The van der Waals surface area contributed by atoms with Crippen molar-refractivity contribution in [2.24, 2.45) is 0 Å². The number of hydrogen-bond donors (Lipinski definition) is 3. The average molecular weight is 320 g/mol. The van der Waals surface area contributed by atoms with E-state index in [0.29, 0.717) is 10.8 Å². The Kier molecular flexibility index (Phi) is 4.41. The lowest BCUT2D eigenvalue weighted by atomic mass is 9.96. The number of H-pyrrole nitrogens is 1. The molecule has 2 rings (SSSR count). The first-order valence-corrected chi connectivity index (χ1v) is 6.05. The molecule has 3 N–H and O–H groups in total. The molecule has 7 nitrogen and oxygen atoms in total. The highest BCUT2D eigenvalue weighted by atomic mass is 19.1. The summed E-state index contributed by atoms with van der Waals surface area (Å²) in [4.78, 5) is 24.2. The summed E-state index contributed by atoms with van der Waals surface area (Å²) in [6.45, 7) is -2.05. The number of aliphatic hydroxyl groups is 2. The molecular weight excluding hydrogens is 309 g/mol. The molecule has 2 heterocycles. The number of aromatic amines is 1. The van der Waals surface area contributed by atoms with Gasteiger partial charge in [-0.05, 0) is 0 Å². The van der Waals surface area contributed by atoms with Crippen molar-refractivity contribution >= 4 is 0 Å². The van der Waals surface area contributed by atoms with Crippen LogP contribution >= 0.6 is 0 Å².